The topological polar surface area (TPSA) is 87.3 Å². The maximum atomic E-state index is 13.5. The second kappa shape index (κ2) is 9.27. The highest BCUT2D eigenvalue weighted by atomic mass is 19.1. The highest BCUT2D eigenvalue weighted by Crippen LogP contribution is 2.19. The van der Waals surface area contributed by atoms with Gasteiger partial charge in [0, 0.05) is 5.56 Å². The molecule has 0 saturated heterocycles. The van der Waals surface area contributed by atoms with Gasteiger partial charge in [0.1, 0.15) is 5.82 Å². The van der Waals surface area contributed by atoms with Crippen molar-refractivity contribution in [1.29, 1.82) is 0 Å². The van der Waals surface area contributed by atoms with Crippen LogP contribution in [0.15, 0.2) is 78.9 Å². The molecule has 0 atom stereocenters. The Kier molecular flexibility index (Phi) is 6.32. The highest BCUT2D eigenvalue weighted by molar-refractivity contribution is 5.98. The van der Waals surface area contributed by atoms with Crippen LogP contribution in [0.3, 0.4) is 0 Å². The number of rotatable bonds is 5. The lowest BCUT2D eigenvalue weighted by Gasteiger charge is -2.09. The van der Waals surface area contributed by atoms with Crippen LogP contribution in [0.5, 0.6) is 0 Å². The molecule has 3 amide bonds. The summed E-state index contributed by atoms with van der Waals surface area (Å²) in [5.74, 6) is -2.57. The van der Waals surface area contributed by atoms with Gasteiger partial charge in [0.15, 0.2) is 0 Å². The van der Waals surface area contributed by atoms with Gasteiger partial charge >= 0.3 is 0 Å². The van der Waals surface area contributed by atoms with Crippen molar-refractivity contribution in [2.24, 2.45) is 0 Å². The summed E-state index contributed by atoms with van der Waals surface area (Å²) in [5.41, 5.74) is 6.42. The first-order valence-electron chi connectivity index (χ1n) is 8.82. The number of benzene rings is 3. The zero-order valence-corrected chi connectivity index (χ0v) is 15.3. The van der Waals surface area contributed by atoms with Gasteiger partial charge in [-0.05, 0) is 35.4 Å². The Morgan fingerprint density at radius 1 is 0.690 bits per heavy atom. The van der Waals surface area contributed by atoms with Crippen LogP contribution in [0.4, 0.5) is 4.39 Å². The molecule has 146 valence electrons. The van der Waals surface area contributed by atoms with E-state index < -0.39 is 23.5 Å². The zero-order chi connectivity index (χ0) is 20.6. The Morgan fingerprint density at radius 3 is 2.00 bits per heavy atom. The standard InChI is InChI=1S/C22H18FN3O3/c23-19-9-5-4-8-18(19)22(29)26-25-20(27)14-24-21(28)17-12-10-16(11-13-17)15-6-2-1-3-7-15/h1-13H,14H2,(H,24,28)(H,25,27)(H,26,29). The molecule has 0 unspecified atom stereocenters. The van der Waals surface area contributed by atoms with Crippen molar-refractivity contribution in [3.05, 3.63) is 95.8 Å². The molecule has 0 radical (unpaired) electrons. The average molecular weight is 391 g/mol. The molecule has 0 aliphatic carbocycles. The predicted octanol–water partition coefficient (Wildman–Crippen LogP) is 2.68. The minimum Gasteiger partial charge on any atom is -0.343 e. The van der Waals surface area contributed by atoms with Gasteiger partial charge in [-0.2, -0.15) is 0 Å². The minimum absolute atomic E-state index is 0.199. The third kappa shape index (κ3) is 5.26. The number of carbonyl (C=O) groups is 3. The van der Waals surface area contributed by atoms with Crippen molar-refractivity contribution >= 4 is 17.7 Å². The van der Waals surface area contributed by atoms with Crippen LogP contribution < -0.4 is 16.2 Å². The number of hydrazine groups is 1. The minimum atomic E-state index is -0.792. The summed E-state index contributed by atoms with van der Waals surface area (Å²) in [6.45, 7) is -0.350. The Morgan fingerprint density at radius 2 is 1.31 bits per heavy atom. The molecule has 0 aromatic heterocycles. The Hall–Kier alpha value is -4.00. The second-order valence-electron chi connectivity index (χ2n) is 6.11. The van der Waals surface area contributed by atoms with E-state index in [0.717, 1.165) is 17.2 Å². The van der Waals surface area contributed by atoms with Crippen molar-refractivity contribution in [2.45, 2.75) is 0 Å². The van der Waals surface area contributed by atoms with Gasteiger partial charge in [0.25, 0.3) is 17.7 Å². The Bertz CT molecular complexity index is 1020. The normalized spacial score (nSPS) is 10.1. The van der Waals surface area contributed by atoms with Crippen molar-refractivity contribution in [3.8, 4) is 11.1 Å². The number of hydrogen-bond donors (Lipinski definition) is 3. The molecule has 0 aliphatic heterocycles. The van der Waals surface area contributed by atoms with Gasteiger partial charge in [0.05, 0.1) is 12.1 Å². The SMILES string of the molecule is O=C(CNC(=O)c1ccc(-c2ccccc2)cc1)NNC(=O)c1ccccc1F. The third-order valence-corrected chi connectivity index (χ3v) is 4.10. The Balaban J connectivity index is 1.48. The lowest BCUT2D eigenvalue weighted by Crippen LogP contribution is -2.46. The first-order valence-corrected chi connectivity index (χ1v) is 8.82. The number of halogens is 1. The van der Waals surface area contributed by atoms with Gasteiger partial charge in [-0.1, -0.05) is 54.6 Å². The highest BCUT2D eigenvalue weighted by Gasteiger charge is 2.12. The number of carbonyl (C=O) groups excluding carboxylic acids is 3. The molecule has 3 aromatic rings. The van der Waals surface area contributed by atoms with Gasteiger partial charge in [-0.15, -0.1) is 0 Å². The van der Waals surface area contributed by atoms with Crippen LogP contribution in [0.2, 0.25) is 0 Å². The first kappa shape index (κ1) is 19.8. The molecule has 29 heavy (non-hydrogen) atoms. The monoisotopic (exact) mass is 391 g/mol. The molecule has 0 heterocycles. The van der Waals surface area contributed by atoms with E-state index >= 15 is 0 Å². The fraction of sp³-hybridized carbons (Fsp3) is 0.0455. The number of hydrogen-bond acceptors (Lipinski definition) is 3. The molecule has 0 aliphatic rings. The van der Waals surface area contributed by atoms with Crippen LogP contribution >= 0.6 is 0 Å². The molecule has 0 spiro atoms. The van der Waals surface area contributed by atoms with Crippen LogP contribution in [-0.2, 0) is 4.79 Å². The van der Waals surface area contributed by atoms with Crippen molar-refractivity contribution < 1.29 is 18.8 Å². The number of amides is 3. The van der Waals surface area contributed by atoms with Gasteiger partial charge in [0.2, 0.25) is 0 Å². The van der Waals surface area contributed by atoms with E-state index in [2.05, 4.69) is 16.2 Å². The average Bonchev–Trinajstić information content (AvgIpc) is 2.77. The predicted molar refractivity (Wildman–Crippen MR) is 106 cm³/mol. The first-order chi connectivity index (χ1) is 14.0. The zero-order valence-electron chi connectivity index (χ0n) is 15.3. The molecular weight excluding hydrogens is 373 g/mol. The van der Waals surface area contributed by atoms with Crippen LogP contribution in [0.1, 0.15) is 20.7 Å². The van der Waals surface area contributed by atoms with Crippen molar-refractivity contribution in [2.75, 3.05) is 6.54 Å². The lowest BCUT2D eigenvalue weighted by molar-refractivity contribution is -0.120. The maximum Gasteiger partial charge on any atom is 0.272 e. The van der Waals surface area contributed by atoms with E-state index in [1.54, 1.807) is 12.1 Å². The summed E-state index contributed by atoms with van der Waals surface area (Å²) in [6.07, 6.45) is 0. The summed E-state index contributed by atoms with van der Waals surface area (Å²) in [4.78, 5) is 35.8. The van der Waals surface area contributed by atoms with E-state index in [4.69, 9.17) is 0 Å². The van der Waals surface area contributed by atoms with E-state index in [9.17, 15) is 18.8 Å². The molecule has 0 fully saturated rings. The van der Waals surface area contributed by atoms with Gasteiger partial charge < -0.3 is 5.32 Å². The summed E-state index contributed by atoms with van der Waals surface area (Å²) in [7, 11) is 0. The largest absolute Gasteiger partial charge is 0.343 e. The molecule has 3 aromatic carbocycles. The lowest BCUT2D eigenvalue weighted by atomic mass is 10.0. The quantitative estimate of drug-likeness (QED) is 0.585. The molecular formula is C22H18FN3O3. The Labute approximate surface area is 166 Å². The number of nitrogens with one attached hydrogen (secondary N) is 3. The fourth-order valence-corrected chi connectivity index (χ4v) is 2.59. The molecule has 3 rings (SSSR count). The van der Waals surface area contributed by atoms with Crippen LogP contribution in [0.25, 0.3) is 11.1 Å². The summed E-state index contributed by atoms with van der Waals surface area (Å²) in [5, 5.41) is 2.46. The summed E-state index contributed by atoms with van der Waals surface area (Å²) < 4.78 is 13.5. The van der Waals surface area contributed by atoms with E-state index in [0.29, 0.717) is 5.56 Å². The van der Waals surface area contributed by atoms with Crippen LogP contribution in [0, 0.1) is 5.82 Å². The van der Waals surface area contributed by atoms with Crippen molar-refractivity contribution in [1.82, 2.24) is 16.2 Å². The van der Waals surface area contributed by atoms with E-state index in [1.807, 2.05) is 42.5 Å². The van der Waals surface area contributed by atoms with Crippen LogP contribution in [-0.4, -0.2) is 24.3 Å². The molecule has 6 nitrogen and oxygen atoms in total. The van der Waals surface area contributed by atoms with Gasteiger partial charge in [-0.3, -0.25) is 25.2 Å². The van der Waals surface area contributed by atoms with E-state index in [-0.39, 0.29) is 12.1 Å². The molecule has 3 N–H and O–H groups in total. The van der Waals surface area contributed by atoms with Crippen molar-refractivity contribution in [3.63, 3.8) is 0 Å². The molecule has 0 saturated carbocycles. The third-order valence-electron chi connectivity index (χ3n) is 4.10. The second-order valence-corrected chi connectivity index (χ2v) is 6.11. The fourth-order valence-electron chi connectivity index (χ4n) is 2.59. The molecule has 7 heteroatoms. The maximum absolute atomic E-state index is 13.5. The van der Waals surface area contributed by atoms with Gasteiger partial charge in [-0.25, -0.2) is 4.39 Å². The molecule has 0 bridgehead atoms. The summed E-state index contributed by atoms with van der Waals surface area (Å²) in [6, 6.07) is 22.1. The smallest absolute Gasteiger partial charge is 0.272 e. The van der Waals surface area contributed by atoms with E-state index in [1.165, 1.54) is 18.2 Å². The summed E-state index contributed by atoms with van der Waals surface area (Å²) >= 11 is 0.